The molecule has 0 saturated heterocycles. The molecule has 0 radical (unpaired) electrons. The Morgan fingerprint density at radius 1 is 1.33 bits per heavy atom. The maximum absolute atomic E-state index is 13.0. The maximum Gasteiger partial charge on any atom is 0.427 e. The summed E-state index contributed by atoms with van der Waals surface area (Å²) in [6.45, 7) is 1.59. The molecule has 0 aliphatic carbocycles. The molecule has 2 aromatic heterocycles. The molecule has 2 N–H and O–H groups in total. The number of rotatable bonds is 1. The van der Waals surface area contributed by atoms with Gasteiger partial charge in [-0.15, -0.1) is 0 Å². The molecular formula is C17H16N4O3. The zero-order chi connectivity index (χ0) is 16.8. The van der Waals surface area contributed by atoms with Crippen molar-refractivity contribution < 1.29 is 9.21 Å². The Bertz CT molecular complexity index is 1020. The fourth-order valence-corrected chi connectivity index (χ4v) is 3.19. The third kappa shape index (κ3) is 2.13. The monoisotopic (exact) mass is 324 g/mol. The van der Waals surface area contributed by atoms with Crippen LogP contribution in [0.25, 0.3) is 11.1 Å². The van der Waals surface area contributed by atoms with Gasteiger partial charge in [0.25, 0.3) is 5.91 Å². The molecule has 0 atom stereocenters. The number of nitrogen functional groups attached to an aromatic ring is 1. The predicted molar refractivity (Wildman–Crippen MR) is 88.9 cm³/mol. The van der Waals surface area contributed by atoms with Crippen LogP contribution in [0.4, 0.5) is 5.69 Å². The summed E-state index contributed by atoms with van der Waals surface area (Å²) < 4.78 is 6.20. The minimum absolute atomic E-state index is 0.230. The van der Waals surface area contributed by atoms with E-state index in [1.165, 1.54) is 6.20 Å². The highest BCUT2D eigenvalue weighted by atomic mass is 16.4. The zero-order valence-corrected chi connectivity index (χ0v) is 13.2. The molecule has 1 aliphatic heterocycles. The summed E-state index contributed by atoms with van der Waals surface area (Å²) in [6.07, 6.45) is 4.03. The molecule has 0 spiro atoms. The molecule has 0 unspecified atom stereocenters. The van der Waals surface area contributed by atoms with E-state index in [9.17, 15) is 9.59 Å². The van der Waals surface area contributed by atoms with E-state index in [0.29, 0.717) is 16.8 Å². The third-order valence-corrected chi connectivity index (χ3v) is 4.40. The summed E-state index contributed by atoms with van der Waals surface area (Å²) >= 11 is 0. The van der Waals surface area contributed by atoms with Crippen molar-refractivity contribution in [3.63, 3.8) is 0 Å². The van der Waals surface area contributed by atoms with Gasteiger partial charge in [0.15, 0.2) is 5.58 Å². The van der Waals surface area contributed by atoms with E-state index in [1.54, 1.807) is 24.4 Å². The topological polar surface area (TPSA) is 94.4 Å². The number of hydrogen-bond donors (Lipinski definition) is 1. The van der Waals surface area contributed by atoms with Gasteiger partial charge in [0.1, 0.15) is 5.52 Å². The van der Waals surface area contributed by atoms with Crippen molar-refractivity contribution in [1.82, 2.24) is 14.5 Å². The molecule has 7 nitrogen and oxygen atoms in total. The van der Waals surface area contributed by atoms with Gasteiger partial charge in [0.2, 0.25) is 0 Å². The smallest absolute Gasteiger partial charge is 0.405 e. The van der Waals surface area contributed by atoms with Crippen LogP contribution in [0, 0.1) is 0 Å². The Labute approximate surface area is 137 Å². The molecule has 4 rings (SSSR count). The fraction of sp³-hybridized carbons (Fsp3) is 0.235. The second-order valence-electron chi connectivity index (χ2n) is 6.02. The van der Waals surface area contributed by atoms with Crippen LogP contribution in [0.2, 0.25) is 0 Å². The van der Waals surface area contributed by atoms with Crippen LogP contribution < -0.4 is 11.5 Å². The van der Waals surface area contributed by atoms with E-state index in [2.05, 4.69) is 9.88 Å². The zero-order valence-electron chi connectivity index (χ0n) is 13.2. The van der Waals surface area contributed by atoms with Crippen molar-refractivity contribution in [2.75, 3.05) is 19.3 Å². The van der Waals surface area contributed by atoms with Crippen LogP contribution >= 0.6 is 0 Å². The third-order valence-electron chi connectivity index (χ3n) is 4.40. The molecule has 0 saturated carbocycles. The molecule has 24 heavy (non-hydrogen) atoms. The summed E-state index contributed by atoms with van der Waals surface area (Å²) in [6, 6.07) is 4.96. The van der Waals surface area contributed by atoms with E-state index in [0.717, 1.165) is 35.2 Å². The van der Waals surface area contributed by atoms with Gasteiger partial charge < -0.3 is 15.1 Å². The Hall–Kier alpha value is -2.93. The van der Waals surface area contributed by atoms with Gasteiger partial charge in [-0.25, -0.2) is 9.36 Å². The van der Waals surface area contributed by atoms with Gasteiger partial charge in [0.05, 0.1) is 11.3 Å². The van der Waals surface area contributed by atoms with Crippen molar-refractivity contribution in [3.8, 4) is 0 Å². The molecule has 1 aromatic carbocycles. The number of pyridine rings is 1. The van der Waals surface area contributed by atoms with Crippen LogP contribution in [0.5, 0.6) is 0 Å². The van der Waals surface area contributed by atoms with E-state index in [1.807, 2.05) is 7.05 Å². The first-order valence-corrected chi connectivity index (χ1v) is 7.65. The summed E-state index contributed by atoms with van der Waals surface area (Å²) in [4.78, 5) is 31.6. The van der Waals surface area contributed by atoms with Crippen LogP contribution in [-0.4, -0.2) is 34.0 Å². The second-order valence-corrected chi connectivity index (χ2v) is 6.02. The van der Waals surface area contributed by atoms with Crippen molar-refractivity contribution in [3.05, 3.63) is 57.8 Å². The highest BCUT2D eigenvalue weighted by Crippen LogP contribution is 2.24. The highest BCUT2D eigenvalue weighted by Gasteiger charge is 2.25. The van der Waals surface area contributed by atoms with Gasteiger partial charge in [0, 0.05) is 25.5 Å². The number of anilines is 1. The number of hydrogen-bond acceptors (Lipinski definition) is 6. The number of oxazole rings is 1. The van der Waals surface area contributed by atoms with Crippen molar-refractivity contribution in [2.24, 2.45) is 0 Å². The quantitative estimate of drug-likeness (QED) is 0.677. The standard InChI is InChI=1S/C17H16N4O3/c1-20-6-5-11-10(9-20)7-19-8-12(11)16(22)21-14-4-2-3-13(18)15(14)24-17(21)23/h2-4,7-8H,5-6,9,18H2,1H3. The fourth-order valence-electron chi connectivity index (χ4n) is 3.19. The largest absolute Gasteiger partial charge is 0.427 e. The van der Waals surface area contributed by atoms with Gasteiger partial charge in [-0.05, 0) is 36.7 Å². The van der Waals surface area contributed by atoms with E-state index in [4.69, 9.17) is 10.2 Å². The van der Waals surface area contributed by atoms with E-state index < -0.39 is 11.7 Å². The summed E-state index contributed by atoms with van der Waals surface area (Å²) in [5, 5.41) is 0. The number of nitrogens with zero attached hydrogens (tertiary/aromatic N) is 3. The number of carbonyl (C=O) groups excluding carboxylic acids is 1. The average Bonchev–Trinajstić information content (AvgIpc) is 2.91. The lowest BCUT2D eigenvalue weighted by atomic mass is 9.97. The van der Waals surface area contributed by atoms with Gasteiger partial charge in [-0.2, -0.15) is 0 Å². The Morgan fingerprint density at radius 3 is 3.00 bits per heavy atom. The molecular weight excluding hydrogens is 308 g/mol. The number of likely N-dealkylation sites (N-methyl/N-ethyl adjacent to an activating group) is 1. The van der Waals surface area contributed by atoms with Gasteiger partial charge >= 0.3 is 5.76 Å². The second kappa shape index (κ2) is 5.31. The first kappa shape index (κ1) is 14.6. The van der Waals surface area contributed by atoms with Gasteiger partial charge in [-0.1, -0.05) is 6.07 Å². The predicted octanol–water partition coefficient (Wildman–Crippen LogP) is 1.25. The molecule has 7 heteroatoms. The van der Waals surface area contributed by atoms with Gasteiger partial charge in [-0.3, -0.25) is 9.78 Å². The van der Waals surface area contributed by atoms with Crippen LogP contribution in [0.1, 0.15) is 21.5 Å². The minimum Gasteiger partial charge on any atom is -0.405 e. The highest BCUT2D eigenvalue weighted by molar-refractivity contribution is 6.03. The van der Waals surface area contributed by atoms with Crippen LogP contribution in [0.15, 0.2) is 39.8 Å². The molecule has 1 aliphatic rings. The molecule has 3 heterocycles. The first-order valence-electron chi connectivity index (χ1n) is 7.65. The molecule has 0 bridgehead atoms. The van der Waals surface area contributed by atoms with Crippen molar-refractivity contribution in [1.29, 1.82) is 0 Å². The van der Waals surface area contributed by atoms with E-state index in [-0.39, 0.29) is 5.58 Å². The van der Waals surface area contributed by atoms with Crippen molar-refractivity contribution in [2.45, 2.75) is 13.0 Å². The molecule has 3 aromatic rings. The molecule has 122 valence electrons. The SMILES string of the molecule is CN1CCc2c(cncc2C(=O)n2c(=O)oc3c(N)cccc32)C1. The molecule has 0 fully saturated rings. The summed E-state index contributed by atoms with van der Waals surface area (Å²) in [7, 11) is 2.02. The Balaban J connectivity index is 1.90. The van der Waals surface area contributed by atoms with E-state index >= 15 is 0 Å². The number of aromatic nitrogens is 2. The lowest BCUT2D eigenvalue weighted by molar-refractivity contribution is 0.0954. The number of fused-ring (bicyclic) bond motifs is 2. The Morgan fingerprint density at radius 2 is 2.17 bits per heavy atom. The normalized spacial score (nSPS) is 14.7. The lowest BCUT2D eigenvalue weighted by Gasteiger charge is -2.25. The summed E-state index contributed by atoms with van der Waals surface area (Å²) in [5.41, 5.74) is 9.14. The average molecular weight is 324 g/mol. The van der Waals surface area contributed by atoms with Crippen LogP contribution in [-0.2, 0) is 13.0 Å². The number of nitrogens with two attached hydrogens (primary N) is 1. The lowest BCUT2D eigenvalue weighted by Crippen LogP contribution is -2.30. The summed E-state index contributed by atoms with van der Waals surface area (Å²) in [5.74, 6) is -1.17. The number of carbonyl (C=O) groups is 1. The number of para-hydroxylation sites is 1. The first-order chi connectivity index (χ1) is 11.6. The minimum atomic E-state index is -0.738. The van der Waals surface area contributed by atoms with Crippen LogP contribution in [0.3, 0.4) is 0 Å². The molecule has 0 amide bonds. The Kier molecular flexibility index (Phi) is 3.24. The maximum atomic E-state index is 13.0. The number of benzene rings is 1. The van der Waals surface area contributed by atoms with Crippen molar-refractivity contribution >= 4 is 22.7 Å².